The van der Waals surface area contributed by atoms with Crippen LogP contribution in [0.1, 0.15) is 29.8 Å². The summed E-state index contributed by atoms with van der Waals surface area (Å²) in [4.78, 5) is 15.2. The Morgan fingerprint density at radius 1 is 0.853 bits per heavy atom. The third-order valence-electron chi connectivity index (χ3n) is 5.49. The lowest BCUT2D eigenvalue weighted by molar-refractivity contribution is 0.0773. The molecule has 3 aromatic rings. The third-order valence-corrected chi connectivity index (χ3v) is 5.49. The van der Waals surface area contributed by atoms with Gasteiger partial charge in [0.1, 0.15) is 18.1 Å². The Labute approximate surface area is 201 Å². The molecule has 0 saturated carbocycles. The largest absolute Gasteiger partial charge is 0.497 e. The zero-order valence-corrected chi connectivity index (χ0v) is 20.4. The Hall–Kier alpha value is -3.87. The molecule has 0 heterocycles. The topological polar surface area (TPSA) is 69.3 Å². The summed E-state index contributed by atoms with van der Waals surface area (Å²) < 4.78 is 22.7. The number of methoxy groups -OCH3 is 3. The summed E-state index contributed by atoms with van der Waals surface area (Å²) in [5.41, 5.74) is 2.65. The second-order valence-electron chi connectivity index (χ2n) is 7.47. The van der Waals surface area contributed by atoms with Crippen LogP contribution in [0, 0.1) is 0 Å². The molecule has 0 aliphatic carbocycles. The zero-order valence-electron chi connectivity index (χ0n) is 20.4. The molecular weight excluding hydrogens is 432 g/mol. The van der Waals surface area contributed by atoms with Crippen LogP contribution >= 0.6 is 0 Å². The van der Waals surface area contributed by atoms with Crippen molar-refractivity contribution in [1.82, 2.24) is 4.90 Å². The SMILES string of the molecule is CCN(CC)C(=O)c1cccc(OCc2ccccc2)c1Nc1cc(OC)cc(OC)c1OC. The number of nitrogens with one attached hydrogen (secondary N) is 1. The van der Waals surface area contributed by atoms with Gasteiger partial charge in [-0.15, -0.1) is 0 Å². The number of para-hydroxylation sites is 1. The van der Waals surface area contributed by atoms with Crippen molar-refractivity contribution in [2.75, 3.05) is 39.7 Å². The average molecular weight is 465 g/mol. The highest BCUT2D eigenvalue weighted by atomic mass is 16.5. The van der Waals surface area contributed by atoms with Gasteiger partial charge in [0.15, 0.2) is 11.5 Å². The summed E-state index contributed by atoms with van der Waals surface area (Å²) in [5, 5.41) is 3.37. The van der Waals surface area contributed by atoms with E-state index in [-0.39, 0.29) is 5.91 Å². The highest BCUT2D eigenvalue weighted by Gasteiger charge is 2.22. The van der Waals surface area contributed by atoms with Crippen LogP contribution < -0.4 is 24.3 Å². The fourth-order valence-electron chi connectivity index (χ4n) is 3.66. The molecule has 0 aliphatic rings. The van der Waals surface area contributed by atoms with Crippen molar-refractivity contribution in [3.8, 4) is 23.0 Å². The number of rotatable bonds is 11. The van der Waals surface area contributed by atoms with Gasteiger partial charge in [-0.1, -0.05) is 36.4 Å². The molecule has 1 N–H and O–H groups in total. The fourth-order valence-corrected chi connectivity index (χ4v) is 3.66. The van der Waals surface area contributed by atoms with Crippen LogP contribution in [0.5, 0.6) is 23.0 Å². The van der Waals surface area contributed by atoms with Crippen molar-refractivity contribution in [2.45, 2.75) is 20.5 Å². The van der Waals surface area contributed by atoms with E-state index in [4.69, 9.17) is 18.9 Å². The first-order valence-corrected chi connectivity index (χ1v) is 11.2. The van der Waals surface area contributed by atoms with Crippen molar-refractivity contribution in [1.29, 1.82) is 0 Å². The highest BCUT2D eigenvalue weighted by molar-refractivity contribution is 6.02. The van der Waals surface area contributed by atoms with Gasteiger partial charge in [0.05, 0.1) is 38.3 Å². The quantitative estimate of drug-likeness (QED) is 0.403. The normalized spacial score (nSPS) is 10.4. The van der Waals surface area contributed by atoms with E-state index in [2.05, 4.69) is 5.32 Å². The molecule has 3 aromatic carbocycles. The van der Waals surface area contributed by atoms with E-state index in [1.807, 2.05) is 56.3 Å². The summed E-state index contributed by atoms with van der Waals surface area (Å²) in [6, 6.07) is 18.9. The maximum Gasteiger partial charge on any atom is 0.256 e. The number of amides is 1. The molecule has 0 radical (unpaired) electrons. The summed E-state index contributed by atoms with van der Waals surface area (Å²) in [6.45, 7) is 5.47. The Morgan fingerprint density at radius 2 is 1.59 bits per heavy atom. The van der Waals surface area contributed by atoms with Crippen molar-refractivity contribution in [3.63, 3.8) is 0 Å². The zero-order chi connectivity index (χ0) is 24.5. The number of benzene rings is 3. The lowest BCUT2D eigenvalue weighted by atomic mass is 10.1. The Balaban J connectivity index is 2.10. The fraction of sp³-hybridized carbons (Fsp3) is 0.296. The standard InChI is InChI=1S/C27H32N2O5/c1-6-29(7-2)27(30)21-14-11-15-23(34-18-19-12-9-8-10-13-19)25(21)28-22-16-20(31-3)17-24(32-4)26(22)33-5/h8-17,28H,6-7,18H2,1-5H3. The van der Waals surface area contributed by atoms with Crippen molar-refractivity contribution < 1.29 is 23.7 Å². The molecule has 0 spiro atoms. The number of carbonyl (C=O) groups is 1. The van der Waals surface area contributed by atoms with Gasteiger partial charge in [0, 0.05) is 25.2 Å². The van der Waals surface area contributed by atoms with Gasteiger partial charge in [0.25, 0.3) is 5.91 Å². The smallest absolute Gasteiger partial charge is 0.256 e. The predicted molar refractivity (Wildman–Crippen MR) is 134 cm³/mol. The van der Waals surface area contributed by atoms with Crippen LogP contribution in [-0.4, -0.2) is 45.2 Å². The average Bonchev–Trinajstić information content (AvgIpc) is 2.88. The van der Waals surface area contributed by atoms with Crippen LogP contribution in [0.15, 0.2) is 60.7 Å². The molecule has 7 heteroatoms. The van der Waals surface area contributed by atoms with Gasteiger partial charge in [-0.2, -0.15) is 0 Å². The van der Waals surface area contributed by atoms with Crippen LogP contribution in [-0.2, 0) is 6.61 Å². The minimum atomic E-state index is -0.0912. The molecule has 180 valence electrons. The lowest BCUT2D eigenvalue weighted by Crippen LogP contribution is -2.31. The van der Waals surface area contributed by atoms with Crippen LogP contribution in [0.4, 0.5) is 11.4 Å². The Morgan fingerprint density at radius 3 is 2.21 bits per heavy atom. The number of anilines is 2. The molecule has 0 aromatic heterocycles. The Kier molecular flexibility index (Phi) is 8.62. The molecule has 0 bridgehead atoms. The van der Waals surface area contributed by atoms with Crippen molar-refractivity contribution >= 4 is 17.3 Å². The van der Waals surface area contributed by atoms with E-state index in [0.717, 1.165) is 5.56 Å². The second kappa shape index (κ2) is 11.8. The number of hydrogen-bond donors (Lipinski definition) is 1. The first-order valence-electron chi connectivity index (χ1n) is 11.2. The summed E-state index contributed by atoms with van der Waals surface area (Å²) in [7, 11) is 4.71. The first-order chi connectivity index (χ1) is 16.6. The van der Waals surface area contributed by atoms with Crippen LogP contribution in [0.3, 0.4) is 0 Å². The molecule has 0 unspecified atom stereocenters. The van der Waals surface area contributed by atoms with E-state index < -0.39 is 0 Å². The predicted octanol–water partition coefficient (Wildman–Crippen LogP) is 5.52. The molecular formula is C27H32N2O5. The number of carbonyl (C=O) groups excluding carboxylic acids is 1. The summed E-state index contributed by atoms with van der Waals surface area (Å²) in [5.74, 6) is 2.03. The van der Waals surface area contributed by atoms with Gasteiger partial charge >= 0.3 is 0 Å². The molecule has 7 nitrogen and oxygen atoms in total. The molecule has 0 atom stereocenters. The molecule has 1 amide bonds. The monoisotopic (exact) mass is 464 g/mol. The number of nitrogens with zero attached hydrogens (tertiary/aromatic N) is 1. The van der Waals surface area contributed by atoms with Crippen molar-refractivity contribution in [3.05, 3.63) is 71.8 Å². The molecule has 0 aliphatic heterocycles. The van der Waals surface area contributed by atoms with Gasteiger partial charge < -0.3 is 29.2 Å². The number of hydrogen-bond acceptors (Lipinski definition) is 6. The molecule has 34 heavy (non-hydrogen) atoms. The first kappa shape index (κ1) is 24.8. The molecule has 0 fully saturated rings. The van der Waals surface area contributed by atoms with Gasteiger partial charge in [-0.05, 0) is 31.5 Å². The van der Waals surface area contributed by atoms with Gasteiger partial charge in [0.2, 0.25) is 0 Å². The van der Waals surface area contributed by atoms with E-state index in [1.54, 1.807) is 44.4 Å². The summed E-state index contributed by atoms with van der Waals surface area (Å²) in [6.07, 6.45) is 0. The minimum Gasteiger partial charge on any atom is -0.497 e. The maximum atomic E-state index is 13.4. The van der Waals surface area contributed by atoms with E-state index >= 15 is 0 Å². The lowest BCUT2D eigenvalue weighted by Gasteiger charge is -2.23. The minimum absolute atomic E-state index is 0.0912. The van der Waals surface area contributed by atoms with Crippen molar-refractivity contribution in [2.24, 2.45) is 0 Å². The molecule has 0 saturated heterocycles. The van der Waals surface area contributed by atoms with E-state index in [1.165, 1.54) is 0 Å². The number of ether oxygens (including phenoxy) is 4. The van der Waals surface area contributed by atoms with Crippen LogP contribution in [0.25, 0.3) is 0 Å². The van der Waals surface area contributed by atoms with Gasteiger partial charge in [-0.25, -0.2) is 0 Å². The van der Waals surface area contributed by atoms with E-state index in [0.29, 0.717) is 59.6 Å². The Bertz CT molecular complexity index is 1100. The maximum absolute atomic E-state index is 13.4. The van der Waals surface area contributed by atoms with E-state index in [9.17, 15) is 4.79 Å². The highest BCUT2D eigenvalue weighted by Crippen LogP contribution is 2.43. The second-order valence-corrected chi connectivity index (χ2v) is 7.47. The van der Waals surface area contributed by atoms with Gasteiger partial charge in [-0.3, -0.25) is 4.79 Å². The molecule has 3 rings (SSSR count). The van der Waals surface area contributed by atoms with Crippen LogP contribution in [0.2, 0.25) is 0 Å². The summed E-state index contributed by atoms with van der Waals surface area (Å²) >= 11 is 0. The third kappa shape index (κ3) is 5.54.